The second-order valence-electron chi connectivity index (χ2n) is 5.91. The van der Waals surface area contributed by atoms with Gasteiger partial charge in [-0.15, -0.1) is 0 Å². The Morgan fingerprint density at radius 2 is 2.20 bits per heavy atom. The van der Waals surface area contributed by atoms with Crippen LogP contribution < -0.4 is 10.2 Å². The van der Waals surface area contributed by atoms with E-state index in [-0.39, 0.29) is 24.1 Å². The van der Waals surface area contributed by atoms with Gasteiger partial charge in [-0.1, -0.05) is 0 Å². The first-order valence-electron chi connectivity index (χ1n) is 6.91. The Labute approximate surface area is 119 Å². The molecular formula is C15H23FN2O2. The van der Waals surface area contributed by atoms with Crippen molar-refractivity contribution in [2.24, 2.45) is 0 Å². The zero-order valence-corrected chi connectivity index (χ0v) is 12.3. The van der Waals surface area contributed by atoms with Crippen molar-refractivity contribution in [3.05, 3.63) is 29.6 Å². The van der Waals surface area contributed by atoms with Crippen LogP contribution in [0.2, 0.25) is 0 Å². The number of benzene rings is 1. The molecule has 0 radical (unpaired) electrons. The minimum absolute atomic E-state index is 0.0291. The predicted molar refractivity (Wildman–Crippen MR) is 77.4 cm³/mol. The van der Waals surface area contributed by atoms with E-state index in [1.807, 2.05) is 27.0 Å². The Kier molecular flexibility index (Phi) is 4.62. The molecule has 0 bridgehead atoms. The van der Waals surface area contributed by atoms with Crippen molar-refractivity contribution in [2.45, 2.75) is 32.1 Å². The molecule has 0 spiro atoms. The van der Waals surface area contributed by atoms with E-state index in [9.17, 15) is 9.50 Å². The summed E-state index contributed by atoms with van der Waals surface area (Å²) in [5, 5.41) is 12.4. The Morgan fingerprint density at radius 3 is 2.85 bits per heavy atom. The minimum atomic E-state index is -0.360. The number of rotatable bonds is 4. The zero-order valence-electron chi connectivity index (χ0n) is 12.3. The fraction of sp³-hybridized carbons (Fsp3) is 0.600. The van der Waals surface area contributed by atoms with Crippen LogP contribution in [0.15, 0.2) is 18.2 Å². The van der Waals surface area contributed by atoms with E-state index in [4.69, 9.17) is 4.74 Å². The molecule has 0 saturated carbocycles. The van der Waals surface area contributed by atoms with Crippen LogP contribution in [-0.4, -0.2) is 43.6 Å². The first-order chi connectivity index (χ1) is 9.43. The number of nitrogens with one attached hydrogen (secondary N) is 1. The minimum Gasteiger partial charge on any atom is -0.394 e. The Hall–Kier alpha value is -1.17. The molecule has 1 unspecified atom stereocenters. The van der Waals surface area contributed by atoms with Gasteiger partial charge in [0.05, 0.1) is 18.3 Å². The van der Waals surface area contributed by atoms with E-state index in [0.717, 1.165) is 11.3 Å². The van der Waals surface area contributed by atoms with Crippen molar-refractivity contribution < 1.29 is 14.2 Å². The van der Waals surface area contributed by atoms with Gasteiger partial charge in [0.1, 0.15) is 5.82 Å². The summed E-state index contributed by atoms with van der Waals surface area (Å²) >= 11 is 0. The van der Waals surface area contributed by atoms with E-state index in [1.165, 1.54) is 12.1 Å². The molecule has 1 atom stereocenters. The smallest absolute Gasteiger partial charge is 0.125 e. The second kappa shape index (κ2) is 6.08. The van der Waals surface area contributed by atoms with Crippen LogP contribution in [0.5, 0.6) is 0 Å². The number of hydrogen-bond donors (Lipinski definition) is 2. The van der Waals surface area contributed by atoms with Crippen molar-refractivity contribution >= 4 is 5.69 Å². The molecular weight excluding hydrogens is 259 g/mol. The van der Waals surface area contributed by atoms with Gasteiger partial charge in [-0.05, 0) is 44.7 Å². The van der Waals surface area contributed by atoms with Gasteiger partial charge in [0.2, 0.25) is 0 Å². The van der Waals surface area contributed by atoms with Crippen LogP contribution in [0.3, 0.4) is 0 Å². The number of halogens is 1. The lowest BCUT2D eigenvalue weighted by atomic mass is 10.0. The first-order valence-corrected chi connectivity index (χ1v) is 6.91. The summed E-state index contributed by atoms with van der Waals surface area (Å²) in [6.07, 6.45) is -0.241. The number of anilines is 1. The van der Waals surface area contributed by atoms with E-state index in [0.29, 0.717) is 19.6 Å². The quantitative estimate of drug-likeness (QED) is 0.879. The van der Waals surface area contributed by atoms with Gasteiger partial charge < -0.3 is 20.1 Å². The molecule has 0 aromatic heterocycles. The number of morpholine rings is 1. The van der Waals surface area contributed by atoms with Crippen molar-refractivity contribution in [1.29, 1.82) is 0 Å². The van der Waals surface area contributed by atoms with Crippen LogP contribution in [-0.2, 0) is 11.3 Å². The number of nitrogens with zero attached hydrogens (tertiary/aromatic N) is 1. The molecule has 1 fully saturated rings. The maximum atomic E-state index is 13.7. The van der Waals surface area contributed by atoms with Crippen molar-refractivity contribution in [3.8, 4) is 0 Å². The van der Waals surface area contributed by atoms with Crippen molar-refractivity contribution in [2.75, 3.05) is 31.6 Å². The van der Waals surface area contributed by atoms with Gasteiger partial charge in [0.25, 0.3) is 0 Å². The van der Waals surface area contributed by atoms with Gasteiger partial charge in [0, 0.05) is 25.3 Å². The van der Waals surface area contributed by atoms with Crippen LogP contribution >= 0.6 is 0 Å². The summed E-state index contributed by atoms with van der Waals surface area (Å²) in [6.45, 7) is 5.81. The summed E-state index contributed by atoms with van der Waals surface area (Å²) in [7, 11) is 1.84. The van der Waals surface area contributed by atoms with Crippen LogP contribution in [0, 0.1) is 5.82 Å². The highest BCUT2D eigenvalue weighted by Crippen LogP contribution is 2.27. The van der Waals surface area contributed by atoms with Gasteiger partial charge in [-0.2, -0.15) is 0 Å². The molecule has 1 aromatic carbocycles. The van der Waals surface area contributed by atoms with Crippen LogP contribution in [0.25, 0.3) is 0 Å². The predicted octanol–water partition coefficient (Wildman–Crippen LogP) is 1.52. The standard InChI is InChI=1S/C15H23FN2O2/c1-15(2)10-18(8-14(9-19)20-15)13-5-11(7-17-3)4-12(16)6-13/h4-6,14,17,19H,7-10H2,1-3H3. The largest absolute Gasteiger partial charge is 0.394 e. The summed E-state index contributed by atoms with van der Waals surface area (Å²) in [6, 6.07) is 5.06. The number of hydrogen-bond acceptors (Lipinski definition) is 4. The summed E-state index contributed by atoms with van der Waals surface area (Å²) in [5.74, 6) is -0.238. The van der Waals surface area contributed by atoms with E-state index < -0.39 is 0 Å². The molecule has 5 heteroatoms. The van der Waals surface area contributed by atoms with Gasteiger partial charge in [0.15, 0.2) is 0 Å². The average molecular weight is 282 g/mol. The molecule has 1 aliphatic heterocycles. The SMILES string of the molecule is CNCc1cc(F)cc(N2CC(CO)OC(C)(C)C2)c1. The molecule has 20 heavy (non-hydrogen) atoms. The maximum Gasteiger partial charge on any atom is 0.125 e. The summed E-state index contributed by atoms with van der Waals surface area (Å²) < 4.78 is 19.5. The molecule has 1 heterocycles. The van der Waals surface area contributed by atoms with Gasteiger partial charge in [-0.3, -0.25) is 0 Å². The molecule has 1 aromatic rings. The second-order valence-corrected chi connectivity index (χ2v) is 5.91. The number of aliphatic hydroxyl groups is 1. The van der Waals surface area contributed by atoms with Crippen LogP contribution in [0.1, 0.15) is 19.4 Å². The lowest BCUT2D eigenvalue weighted by molar-refractivity contribution is -0.101. The normalized spacial score (nSPS) is 22.1. The lowest BCUT2D eigenvalue weighted by Crippen LogP contribution is -2.54. The zero-order chi connectivity index (χ0) is 14.8. The highest BCUT2D eigenvalue weighted by Gasteiger charge is 2.33. The van der Waals surface area contributed by atoms with E-state index in [2.05, 4.69) is 10.2 Å². The van der Waals surface area contributed by atoms with Crippen molar-refractivity contribution in [1.82, 2.24) is 5.32 Å². The number of aliphatic hydroxyl groups excluding tert-OH is 1. The third-order valence-corrected chi connectivity index (χ3v) is 3.37. The maximum absolute atomic E-state index is 13.7. The topological polar surface area (TPSA) is 44.7 Å². The van der Waals surface area contributed by atoms with Gasteiger partial charge in [-0.25, -0.2) is 4.39 Å². The lowest BCUT2D eigenvalue weighted by Gasteiger charge is -2.43. The third kappa shape index (κ3) is 3.69. The average Bonchev–Trinajstić information content (AvgIpc) is 2.36. The highest BCUT2D eigenvalue weighted by molar-refractivity contribution is 5.50. The molecule has 112 valence electrons. The Bertz CT molecular complexity index is 465. The van der Waals surface area contributed by atoms with E-state index >= 15 is 0 Å². The molecule has 2 N–H and O–H groups in total. The summed E-state index contributed by atoms with van der Waals surface area (Å²) in [5.41, 5.74) is 1.39. The molecule has 0 amide bonds. The molecule has 1 aliphatic rings. The van der Waals surface area contributed by atoms with E-state index in [1.54, 1.807) is 0 Å². The fourth-order valence-corrected chi connectivity index (χ4v) is 2.71. The molecule has 2 rings (SSSR count). The molecule has 0 aliphatic carbocycles. The fourth-order valence-electron chi connectivity index (χ4n) is 2.71. The highest BCUT2D eigenvalue weighted by atomic mass is 19.1. The van der Waals surface area contributed by atoms with Gasteiger partial charge >= 0.3 is 0 Å². The van der Waals surface area contributed by atoms with Crippen molar-refractivity contribution in [3.63, 3.8) is 0 Å². The summed E-state index contributed by atoms with van der Waals surface area (Å²) in [4.78, 5) is 2.08. The third-order valence-electron chi connectivity index (χ3n) is 3.37. The molecule has 1 saturated heterocycles. The van der Waals surface area contributed by atoms with Crippen LogP contribution in [0.4, 0.5) is 10.1 Å². The first kappa shape index (κ1) is 15.2. The number of ether oxygens (including phenoxy) is 1. The monoisotopic (exact) mass is 282 g/mol. The molecule has 4 nitrogen and oxygen atoms in total. The Morgan fingerprint density at radius 1 is 1.45 bits per heavy atom. The Balaban J connectivity index is 2.25.